The van der Waals surface area contributed by atoms with E-state index in [0.29, 0.717) is 23.6 Å². The van der Waals surface area contributed by atoms with Gasteiger partial charge in [0, 0.05) is 13.1 Å². The monoisotopic (exact) mass is 288 g/mol. The highest BCUT2D eigenvalue weighted by atomic mass is 16.5. The number of hydrogen-bond acceptors (Lipinski definition) is 4. The van der Waals surface area contributed by atoms with E-state index in [4.69, 9.17) is 9.63 Å². The number of carboxylic acid groups (broad SMARTS) is 1. The fourth-order valence-corrected chi connectivity index (χ4v) is 1.95. The van der Waals surface area contributed by atoms with Crippen LogP contribution >= 0.6 is 0 Å². The van der Waals surface area contributed by atoms with Gasteiger partial charge in [-0.2, -0.15) is 0 Å². The summed E-state index contributed by atoms with van der Waals surface area (Å²) in [6, 6.07) is 8.15. The van der Waals surface area contributed by atoms with E-state index in [9.17, 15) is 9.59 Å². The SMILES string of the molecule is Cc1cc(CN(C)C(=O)Cc2cccc(C(=O)O)c2)no1. The van der Waals surface area contributed by atoms with Crippen LogP contribution < -0.4 is 0 Å². The van der Waals surface area contributed by atoms with E-state index >= 15 is 0 Å². The van der Waals surface area contributed by atoms with Crippen LogP contribution in [0, 0.1) is 6.92 Å². The summed E-state index contributed by atoms with van der Waals surface area (Å²) in [5.74, 6) is -0.422. The molecule has 0 saturated heterocycles. The van der Waals surface area contributed by atoms with Crippen molar-refractivity contribution in [3.8, 4) is 0 Å². The van der Waals surface area contributed by atoms with Crippen LogP contribution in [0.3, 0.4) is 0 Å². The first-order valence-electron chi connectivity index (χ1n) is 6.44. The number of carbonyl (C=O) groups is 2. The van der Waals surface area contributed by atoms with Crippen molar-refractivity contribution in [3.63, 3.8) is 0 Å². The molecule has 21 heavy (non-hydrogen) atoms. The number of amides is 1. The molecule has 0 radical (unpaired) electrons. The van der Waals surface area contributed by atoms with E-state index in [1.807, 2.05) is 0 Å². The highest BCUT2D eigenvalue weighted by Gasteiger charge is 2.13. The summed E-state index contributed by atoms with van der Waals surface area (Å²) in [5.41, 5.74) is 1.53. The summed E-state index contributed by atoms with van der Waals surface area (Å²) in [6.45, 7) is 2.14. The van der Waals surface area contributed by atoms with E-state index in [2.05, 4.69) is 5.16 Å². The molecule has 0 saturated carbocycles. The van der Waals surface area contributed by atoms with Gasteiger partial charge in [0.05, 0.1) is 18.5 Å². The standard InChI is InChI=1S/C15H16N2O4/c1-10-6-13(16-21-10)9-17(2)14(18)8-11-4-3-5-12(7-11)15(19)20/h3-7H,8-9H2,1-2H3,(H,19,20). The second-order valence-electron chi connectivity index (χ2n) is 4.86. The first kappa shape index (κ1) is 14.8. The minimum absolute atomic E-state index is 0.113. The second kappa shape index (κ2) is 6.21. The van der Waals surface area contributed by atoms with E-state index < -0.39 is 5.97 Å². The van der Waals surface area contributed by atoms with Crippen LogP contribution in [0.5, 0.6) is 0 Å². The minimum Gasteiger partial charge on any atom is -0.478 e. The van der Waals surface area contributed by atoms with Crippen LogP contribution in [0.25, 0.3) is 0 Å². The van der Waals surface area contributed by atoms with Gasteiger partial charge in [-0.3, -0.25) is 4.79 Å². The lowest BCUT2D eigenvalue weighted by Crippen LogP contribution is -2.27. The van der Waals surface area contributed by atoms with Crippen LogP contribution in [0.15, 0.2) is 34.9 Å². The van der Waals surface area contributed by atoms with Gasteiger partial charge in [-0.25, -0.2) is 4.79 Å². The molecule has 0 aliphatic carbocycles. The molecule has 1 N–H and O–H groups in total. The zero-order valence-electron chi connectivity index (χ0n) is 11.9. The van der Waals surface area contributed by atoms with Crippen molar-refractivity contribution in [2.75, 3.05) is 7.05 Å². The van der Waals surface area contributed by atoms with Gasteiger partial charge in [-0.05, 0) is 24.6 Å². The number of hydrogen-bond donors (Lipinski definition) is 1. The molecule has 0 aliphatic heterocycles. The second-order valence-corrected chi connectivity index (χ2v) is 4.86. The Morgan fingerprint density at radius 3 is 2.71 bits per heavy atom. The maximum absolute atomic E-state index is 12.1. The number of nitrogens with zero attached hydrogens (tertiary/aromatic N) is 2. The third kappa shape index (κ3) is 3.92. The number of aromatic nitrogens is 1. The predicted octanol–water partition coefficient (Wildman–Crippen LogP) is 1.88. The summed E-state index contributed by atoms with van der Waals surface area (Å²) in [6.07, 6.45) is 0.147. The van der Waals surface area contributed by atoms with E-state index in [1.54, 1.807) is 32.2 Å². The largest absolute Gasteiger partial charge is 0.478 e. The van der Waals surface area contributed by atoms with Crippen LogP contribution in [-0.2, 0) is 17.8 Å². The van der Waals surface area contributed by atoms with Gasteiger partial charge in [0.1, 0.15) is 11.5 Å². The molecule has 0 spiro atoms. The molecular weight excluding hydrogens is 272 g/mol. The highest BCUT2D eigenvalue weighted by molar-refractivity contribution is 5.88. The Morgan fingerprint density at radius 1 is 1.33 bits per heavy atom. The molecule has 0 atom stereocenters. The van der Waals surface area contributed by atoms with Gasteiger partial charge in [0.15, 0.2) is 0 Å². The van der Waals surface area contributed by atoms with Crippen molar-refractivity contribution in [2.45, 2.75) is 19.9 Å². The van der Waals surface area contributed by atoms with Crippen molar-refractivity contribution in [1.29, 1.82) is 0 Å². The van der Waals surface area contributed by atoms with Crippen molar-refractivity contribution in [3.05, 3.63) is 52.9 Å². The summed E-state index contributed by atoms with van der Waals surface area (Å²) in [5, 5.41) is 12.8. The van der Waals surface area contributed by atoms with Crippen LogP contribution in [-0.4, -0.2) is 34.1 Å². The van der Waals surface area contributed by atoms with Gasteiger partial charge < -0.3 is 14.5 Å². The molecule has 2 aromatic rings. The third-order valence-corrected chi connectivity index (χ3v) is 3.03. The topological polar surface area (TPSA) is 83.6 Å². The molecule has 0 fully saturated rings. The smallest absolute Gasteiger partial charge is 0.335 e. The Kier molecular flexibility index (Phi) is 4.37. The van der Waals surface area contributed by atoms with Crippen molar-refractivity contribution in [1.82, 2.24) is 10.1 Å². The first-order chi connectivity index (χ1) is 9.95. The lowest BCUT2D eigenvalue weighted by Gasteiger charge is -2.15. The summed E-state index contributed by atoms with van der Waals surface area (Å²) >= 11 is 0. The normalized spacial score (nSPS) is 10.4. The Hall–Kier alpha value is -2.63. The van der Waals surface area contributed by atoms with Crippen LogP contribution in [0.2, 0.25) is 0 Å². The van der Waals surface area contributed by atoms with E-state index in [0.717, 1.165) is 0 Å². The van der Waals surface area contributed by atoms with Gasteiger partial charge in [0.2, 0.25) is 5.91 Å². The molecule has 0 aliphatic rings. The van der Waals surface area contributed by atoms with Gasteiger partial charge >= 0.3 is 5.97 Å². The number of carboxylic acids is 1. The molecule has 0 bridgehead atoms. The Morgan fingerprint density at radius 2 is 2.10 bits per heavy atom. The summed E-state index contributed by atoms with van der Waals surface area (Å²) in [4.78, 5) is 24.6. The molecular formula is C15H16N2O4. The summed E-state index contributed by atoms with van der Waals surface area (Å²) < 4.78 is 4.95. The molecule has 2 rings (SSSR count). The zero-order chi connectivity index (χ0) is 15.4. The summed E-state index contributed by atoms with van der Waals surface area (Å²) in [7, 11) is 1.67. The molecule has 6 nitrogen and oxygen atoms in total. The number of aromatic carboxylic acids is 1. The predicted molar refractivity (Wildman–Crippen MR) is 74.8 cm³/mol. The first-order valence-corrected chi connectivity index (χ1v) is 6.44. The fourth-order valence-electron chi connectivity index (χ4n) is 1.95. The molecule has 110 valence electrons. The lowest BCUT2D eigenvalue weighted by molar-refractivity contribution is -0.129. The lowest BCUT2D eigenvalue weighted by atomic mass is 10.1. The van der Waals surface area contributed by atoms with Gasteiger partial charge in [-0.1, -0.05) is 17.3 Å². The average Bonchev–Trinajstić information content (AvgIpc) is 2.84. The molecule has 0 unspecified atom stereocenters. The number of likely N-dealkylation sites (N-methyl/N-ethyl adjacent to an activating group) is 1. The Balaban J connectivity index is 2.00. The Bertz CT molecular complexity index is 663. The van der Waals surface area contributed by atoms with E-state index in [1.165, 1.54) is 17.0 Å². The number of rotatable bonds is 5. The quantitative estimate of drug-likeness (QED) is 0.908. The molecule has 1 aromatic carbocycles. The Labute approximate surface area is 122 Å². The fraction of sp³-hybridized carbons (Fsp3) is 0.267. The minimum atomic E-state index is -1.00. The number of benzene rings is 1. The maximum atomic E-state index is 12.1. The molecule has 1 amide bonds. The zero-order valence-corrected chi connectivity index (χ0v) is 11.9. The molecule has 1 aromatic heterocycles. The molecule has 6 heteroatoms. The highest BCUT2D eigenvalue weighted by Crippen LogP contribution is 2.09. The van der Waals surface area contributed by atoms with Crippen LogP contribution in [0.1, 0.15) is 27.4 Å². The van der Waals surface area contributed by atoms with Crippen molar-refractivity contribution < 1.29 is 19.2 Å². The van der Waals surface area contributed by atoms with Crippen molar-refractivity contribution >= 4 is 11.9 Å². The number of aryl methyl sites for hydroxylation is 1. The van der Waals surface area contributed by atoms with E-state index in [-0.39, 0.29) is 17.9 Å². The van der Waals surface area contributed by atoms with Crippen molar-refractivity contribution in [2.24, 2.45) is 0 Å². The third-order valence-electron chi connectivity index (χ3n) is 3.03. The number of carbonyl (C=O) groups excluding carboxylic acids is 1. The van der Waals surface area contributed by atoms with Crippen LogP contribution in [0.4, 0.5) is 0 Å². The molecule has 1 heterocycles. The van der Waals surface area contributed by atoms with Gasteiger partial charge in [0.25, 0.3) is 0 Å². The van der Waals surface area contributed by atoms with Gasteiger partial charge in [-0.15, -0.1) is 0 Å². The average molecular weight is 288 g/mol. The maximum Gasteiger partial charge on any atom is 0.335 e.